The normalized spacial score (nSPS) is 31.9. The molecule has 364 valence electrons. The lowest BCUT2D eigenvalue weighted by atomic mass is 9.44. The predicted octanol–water partition coefficient (Wildman–Crippen LogP) is 6.63. The standard InChI is InChI=1S/C44H61N2O17P3/c1-25(2)12-11-17-42(8)18-16-29-36(58-42)28(14-13-26(3)4)37-32(38(29)60-65(53,54)63-66(55,56)62-64(50,51)52)35(47)33-34(46-22-20-45(9)21-23-46)30-24-31-41(6,7)61-43(39(30)48,44(31,33)59-37)19-15-27(5)40(49)57-10/h12-13,15-16,18,30-31,33-34H,11,14,17,19-24H2,1-10H3,(H,53,54)(H,55,56)(H2,50,51,52). The molecule has 0 amide bonds. The molecule has 19 nitrogen and oxygen atoms in total. The van der Waals surface area contributed by atoms with Gasteiger partial charge in [-0.25, -0.2) is 18.5 Å². The van der Waals surface area contributed by atoms with E-state index in [0.717, 1.165) is 11.1 Å². The second kappa shape index (κ2) is 17.6. The zero-order valence-electron chi connectivity index (χ0n) is 38.9. The number of methoxy groups -OCH3 is 1. The van der Waals surface area contributed by atoms with Gasteiger partial charge in [0.15, 0.2) is 28.5 Å². The summed E-state index contributed by atoms with van der Waals surface area (Å²) in [4.78, 5) is 89.0. The Morgan fingerprint density at radius 3 is 2.15 bits per heavy atom. The fourth-order valence-electron chi connectivity index (χ4n) is 11.0. The highest BCUT2D eigenvalue weighted by atomic mass is 31.3. The van der Waals surface area contributed by atoms with Gasteiger partial charge >= 0.3 is 29.4 Å². The van der Waals surface area contributed by atoms with Crippen LogP contribution in [0.15, 0.2) is 41.0 Å². The predicted molar refractivity (Wildman–Crippen MR) is 240 cm³/mol. The summed E-state index contributed by atoms with van der Waals surface area (Å²) in [6.07, 6.45) is 9.95. The molecule has 4 aliphatic heterocycles. The molecule has 1 aromatic carbocycles. The largest absolute Gasteiger partial charge is 0.536 e. The van der Waals surface area contributed by atoms with Crippen molar-refractivity contribution in [3.8, 4) is 17.2 Å². The van der Waals surface area contributed by atoms with Crippen molar-refractivity contribution in [1.29, 1.82) is 0 Å². The SMILES string of the molecule is COC(=O)C(C)=CCC12OC(C)(C)C3CC(C1=O)C(N1CCN(C)CC1)C1C(=O)c4c(OP(=O)(O)OP(=O)(O)OP(=O)(O)O)c5c(c(CC=C(C)C)c4OC132)OC(C)(CCC=C(C)C)C=C5. The number of Topliss-reactive ketones (excluding diaryl/α,β-unsaturated/α-hetero) is 2. The van der Waals surface area contributed by atoms with Crippen LogP contribution >= 0.6 is 23.5 Å². The van der Waals surface area contributed by atoms with E-state index in [0.29, 0.717) is 44.6 Å². The number of phosphoric ester groups is 1. The number of benzene rings is 1. The van der Waals surface area contributed by atoms with Gasteiger partial charge in [0.25, 0.3) is 0 Å². The number of carbonyl (C=O) groups is 3. The summed E-state index contributed by atoms with van der Waals surface area (Å²) in [5.41, 5.74) is -3.65. The molecule has 0 aromatic heterocycles. The van der Waals surface area contributed by atoms with Gasteiger partial charge in [0, 0.05) is 61.6 Å². The molecule has 2 saturated heterocycles. The van der Waals surface area contributed by atoms with Gasteiger partial charge in [-0.3, -0.25) is 19.4 Å². The summed E-state index contributed by atoms with van der Waals surface area (Å²) >= 11 is 0. The summed E-state index contributed by atoms with van der Waals surface area (Å²) < 4.78 is 78.7. The zero-order valence-corrected chi connectivity index (χ0v) is 41.6. The minimum atomic E-state index is -6.03. The maximum atomic E-state index is 16.3. The quantitative estimate of drug-likeness (QED) is 0.0622. The molecule has 5 fully saturated rings. The number of carbonyl (C=O) groups excluding carboxylic acids is 3. The Hall–Kier alpha value is -3.28. The molecule has 66 heavy (non-hydrogen) atoms. The van der Waals surface area contributed by atoms with Gasteiger partial charge in [0.05, 0.1) is 24.2 Å². The zero-order chi connectivity index (χ0) is 48.7. The van der Waals surface area contributed by atoms with Gasteiger partial charge in [-0.05, 0) is 100 Å². The van der Waals surface area contributed by atoms with Crippen molar-refractivity contribution >= 4 is 47.1 Å². The molecule has 1 aromatic rings. The first kappa shape index (κ1) is 50.6. The number of piperazine rings is 1. The summed E-state index contributed by atoms with van der Waals surface area (Å²) in [6.45, 7) is 16.9. The maximum absolute atomic E-state index is 16.3. The molecule has 1 spiro atoms. The number of hydrogen-bond acceptors (Lipinski definition) is 15. The maximum Gasteiger partial charge on any atom is 0.536 e. The fourth-order valence-corrected chi connectivity index (χ4v) is 14.1. The average Bonchev–Trinajstić information content (AvgIpc) is 3.33. The summed E-state index contributed by atoms with van der Waals surface area (Å²) in [7, 11) is -14.6. The van der Waals surface area contributed by atoms with Gasteiger partial charge in [-0.1, -0.05) is 29.4 Å². The second-order valence-electron chi connectivity index (χ2n) is 19.4. The van der Waals surface area contributed by atoms with Crippen molar-refractivity contribution in [3.63, 3.8) is 0 Å². The van der Waals surface area contributed by atoms with Crippen LogP contribution in [0.5, 0.6) is 17.2 Å². The van der Waals surface area contributed by atoms with E-state index >= 15 is 9.59 Å². The summed E-state index contributed by atoms with van der Waals surface area (Å²) in [5.74, 6) is -4.91. The van der Waals surface area contributed by atoms with E-state index in [2.05, 4.69) is 18.4 Å². The van der Waals surface area contributed by atoms with E-state index in [1.807, 2.05) is 67.7 Å². The lowest BCUT2D eigenvalue weighted by Crippen LogP contribution is -2.82. The molecule has 3 aliphatic carbocycles. The molecule has 7 aliphatic rings. The van der Waals surface area contributed by atoms with Crippen LogP contribution in [-0.4, -0.2) is 116 Å². The third kappa shape index (κ3) is 9.05. The topological polar surface area (TPSA) is 254 Å². The lowest BCUT2D eigenvalue weighted by molar-refractivity contribution is -0.214. The van der Waals surface area contributed by atoms with Crippen molar-refractivity contribution < 1.29 is 79.7 Å². The van der Waals surface area contributed by atoms with Crippen LogP contribution in [0.3, 0.4) is 0 Å². The number of likely N-dealkylation sites (N-methyl/N-ethyl adjacent to an activating group) is 1. The smallest absolute Gasteiger partial charge is 0.482 e. The van der Waals surface area contributed by atoms with Crippen LogP contribution in [0.2, 0.25) is 0 Å². The van der Waals surface area contributed by atoms with Gasteiger partial charge in [-0.2, -0.15) is 8.62 Å². The molecular formula is C44H61N2O17P3. The number of allylic oxidation sites excluding steroid dienone is 4. The number of fused-ring (bicyclic) bond motifs is 2. The van der Waals surface area contributed by atoms with Crippen LogP contribution in [0, 0.1) is 17.8 Å². The first-order valence-corrected chi connectivity index (χ1v) is 26.4. The Kier molecular flexibility index (Phi) is 13.5. The Balaban J connectivity index is 1.54. The highest BCUT2D eigenvalue weighted by Gasteiger charge is 2.86. The van der Waals surface area contributed by atoms with Crippen molar-refractivity contribution in [2.24, 2.45) is 17.8 Å². The molecule has 0 radical (unpaired) electrons. The Labute approximate surface area is 384 Å². The first-order valence-electron chi connectivity index (χ1n) is 21.9. The van der Waals surface area contributed by atoms with Crippen LogP contribution in [0.4, 0.5) is 0 Å². The minimum absolute atomic E-state index is 0.0286. The van der Waals surface area contributed by atoms with E-state index in [4.69, 9.17) is 23.5 Å². The molecule has 9 atom stereocenters. The molecule has 9 unspecified atom stereocenters. The Bertz CT molecular complexity index is 2480. The van der Waals surface area contributed by atoms with E-state index in [9.17, 15) is 38.1 Å². The summed E-state index contributed by atoms with van der Waals surface area (Å²) in [5, 5.41) is 0. The van der Waals surface area contributed by atoms with Crippen LogP contribution in [0.25, 0.3) is 6.08 Å². The third-order valence-electron chi connectivity index (χ3n) is 13.8. The average molecular weight is 983 g/mol. The van der Waals surface area contributed by atoms with Crippen molar-refractivity contribution in [2.75, 3.05) is 40.3 Å². The first-order chi connectivity index (χ1) is 30.5. The van der Waals surface area contributed by atoms with Crippen LogP contribution in [-0.2, 0) is 47.8 Å². The molecule has 22 heteroatoms. The number of rotatable bonds is 15. The van der Waals surface area contributed by atoms with E-state index in [1.165, 1.54) is 7.11 Å². The van der Waals surface area contributed by atoms with E-state index in [1.54, 1.807) is 25.2 Å². The number of ether oxygens (including phenoxy) is 4. The van der Waals surface area contributed by atoms with Crippen molar-refractivity contribution in [1.82, 2.24) is 9.80 Å². The molecule has 8 rings (SSSR count). The number of ketones is 2. The van der Waals surface area contributed by atoms with E-state index in [-0.39, 0.29) is 53.2 Å². The van der Waals surface area contributed by atoms with E-state index < -0.39 is 87.2 Å². The van der Waals surface area contributed by atoms with Crippen molar-refractivity contribution in [2.45, 2.75) is 116 Å². The summed E-state index contributed by atoms with van der Waals surface area (Å²) in [6, 6.07) is -0.777. The highest BCUT2D eigenvalue weighted by molar-refractivity contribution is 7.66. The van der Waals surface area contributed by atoms with Crippen molar-refractivity contribution in [3.05, 3.63) is 57.7 Å². The van der Waals surface area contributed by atoms with Crippen LogP contribution in [0.1, 0.15) is 103 Å². The molecular weight excluding hydrogens is 921 g/mol. The number of phosphoric acid groups is 3. The molecule has 4 N–H and O–H groups in total. The number of hydrogen-bond donors (Lipinski definition) is 4. The lowest BCUT2D eigenvalue weighted by Gasteiger charge is -2.65. The highest BCUT2D eigenvalue weighted by Crippen LogP contribution is 2.72. The fraction of sp³-hybridized carbons (Fsp3) is 0.614. The van der Waals surface area contributed by atoms with Gasteiger partial charge in [-0.15, -0.1) is 0 Å². The minimum Gasteiger partial charge on any atom is -0.482 e. The third-order valence-corrected chi connectivity index (χ3v) is 17.5. The van der Waals surface area contributed by atoms with Gasteiger partial charge in [0.2, 0.25) is 0 Å². The Morgan fingerprint density at radius 2 is 1.55 bits per heavy atom. The Morgan fingerprint density at radius 1 is 0.894 bits per heavy atom. The molecule has 4 bridgehead atoms. The van der Waals surface area contributed by atoms with Crippen LogP contribution < -0.4 is 14.0 Å². The number of esters is 1. The second-order valence-corrected chi connectivity index (χ2v) is 23.8. The number of nitrogens with zero attached hydrogens (tertiary/aromatic N) is 2. The van der Waals surface area contributed by atoms with Gasteiger partial charge in [0.1, 0.15) is 22.7 Å². The monoisotopic (exact) mass is 982 g/mol. The van der Waals surface area contributed by atoms with Gasteiger partial charge < -0.3 is 43.1 Å². The molecule has 4 heterocycles. The molecule has 3 saturated carbocycles.